The lowest BCUT2D eigenvalue weighted by Crippen LogP contribution is -2.36. The minimum absolute atomic E-state index is 0.0418. The van der Waals surface area contributed by atoms with E-state index in [4.69, 9.17) is 11.6 Å². The van der Waals surface area contributed by atoms with Gasteiger partial charge in [-0.05, 0) is 64.1 Å². The minimum atomic E-state index is 0.0418. The van der Waals surface area contributed by atoms with E-state index in [9.17, 15) is 4.79 Å². The quantitative estimate of drug-likeness (QED) is 0.309. The summed E-state index contributed by atoms with van der Waals surface area (Å²) in [6.07, 6.45) is 2.54. The summed E-state index contributed by atoms with van der Waals surface area (Å²) in [5, 5.41) is 3.10. The molecule has 154 valence electrons. The molecular weight excluding hydrogens is 422 g/mol. The van der Waals surface area contributed by atoms with Crippen LogP contribution in [0.4, 0.5) is 5.69 Å². The van der Waals surface area contributed by atoms with Gasteiger partial charge in [0.25, 0.3) is 0 Å². The first-order valence-corrected chi connectivity index (χ1v) is 11.9. The summed E-state index contributed by atoms with van der Waals surface area (Å²) in [5.74, 6) is 0.182. The fourth-order valence-corrected chi connectivity index (χ4v) is 5.14. The first kappa shape index (κ1) is 20.2. The maximum Gasteiger partial charge on any atom is 0.228 e. The van der Waals surface area contributed by atoms with Gasteiger partial charge in [-0.1, -0.05) is 66.2 Å². The molecule has 1 amide bonds. The van der Waals surface area contributed by atoms with Crippen molar-refractivity contribution in [2.24, 2.45) is 0 Å². The molecule has 0 N–H and O–H groups in total. The predicted octanol–water partition coefficient (Wildman–Crippen LogP) is 7.28. The average molecular weight is 444 g/mol. The fraction of sp³-hybridized carbons (Fsp3) is 0.148. The molecule has 0 aromatic heterocycles. The van der Waals surface area contributed by atoms with Crippen molar-refractivity contribution >= 4 is 45.7 Å². The monoisotopic (exact) mass is 443 g/mol. The molecule has 0 bridgehead atoms. The number of nitrogens with zero attached hydrogens (tertiary/aromatic N) is 1. The summed E-state index contributed by atoms with van der Waals surface area (Å²) in [4.78, 5) is 16.5. The standard InChI is InChI=1S/C27H22ClNOS/c1-31-22-12-9-20(10-13-22)24-16-26(30)29(17-18-5-4-7-21(28)15-18)25-14-11-19-6-2-3-8-23(19)27(24)25/h2-15,24H,16-17H2,1H3. The maximum atomic E-state index is 13.4. The Morgan fingerprint density at radius 1 is 0.968 bits per heavy atom. The minimum Gasteiger partial charge on any atom is -0.308 e. The molecule has 0 radical (unpaired) electrons. The van der Waals surface area contributed by atoms with E-state index in [1.54, 1.807) is 11.8 Å². The Bertz CT molecular complexity index is 1270. The Hall–Kier alpha value is -2.75. The van der Waals surface area contributed by atoms with E-state index in [0.29, 0.717) is 18.0 Å². The number of rotatable bonds is 4. The van der Waals surface area contributed by atoms with Crippen LogP contribution in [-0.2, 0) is 11.3 Å². The molecule has 0 spiro atoms. The summed E-state index contributed by atoms with van der Waals surface area (Å²) in [6.45, 7) is 0.517. The third-order valence-electron chi connectivity index (χ3n) is 6.01. The smallest absolute Gasteiger partial charge is 0.228 e. The first-order valence-electron chi connectivity index (χ1n) is 10.3. The number of hydrogen-bond donors (Lipinski definition) is 0. The van der Waals surface area contributed by atoms with Crippen molar-refractivity contribution in [2.45, 2.75) is 23.8 Å². The van der Waals surface area contributed by atoms with Crippen molar-refractivity contribution in [1.29, 1.82) is 0 Å². The summed E-state index contributed by atoms with van der Waals surface area (Å²) < 4.78 is 0. The fourth-order valence-electron chi connectivity index (χ4n) is 4.52. The third-order valence-corrected chi connectivity index (χ3v) is 6.99. The number of carbonyl (C=O) groups is 1. The van der Waals surface area contributed by atoms with Gasteiger partial charge in [-0.2, -0.15) is 0 Å². The van der Waals surface area contributed by atoms with Crippen molar-refractivity contribution in [2.75, 3.05) is 11.2 Å². The summed E-state index contributed by atoms with van der Waals surface area (Å²) in [6, 6.07) is 29.0. The van der Waals surface area contributed by atoms with Crippen molar-refractivity contribution in [3.05, 3.63) is 107 Å². The van der Waals surface area contributed by atoms with Gasteiger partial charge in [0.05, 0.1) is 6.54 Å². The Kier molecular flexibility index (Phi) is 5.47. The molecule has 31 heavy (non-hydrogen) atoms. The van der Waals surface area contributed by atoms with Crippen molar-refractivity contribution < 1.29 is 4.79 Å². The van der Waals surface area contributed by atoms with Gasteiger partial charge in [-0.25, -0.2) is 0 Å². The Morgan fingerprint density at radius 3 is 2.55 bits per heavy atom. The lowest BCUT2D eigenvalue weighted by atomic mass is 9.81. The first-order chi connectivity index (χ1) is 15.1. The van der Waals surface area contributed by atoms with E-state index in [0.717, 1.165) is 11.3 Å². The molecule has 0 saturated carbocycles. The molecule has 1 heterocycles. The zero-order valence-corrected chi connectivity index (χ0v) is 18.8. The number of benzene rings is 4. The highest BCUT2D eigenvalue weighted by Gasteiger charge is 2.33. The van der Waals surface area contributed by atoms with Crippen LogP contribution in [0.1, 0.15) is 29.0 Å². The summed E-state index contributed by atoms with van der Waals surface area (Å²) in [7, 11) is 0. The number of amides is 1. The van der Waals surface area contributed by atoms with Gasteiger partial charge in [0.15, 0.2) is 0 Å². The van der Waals surface area contributed by atoms with Crippen LogP contribution >= 0.6 is 23.4 Å². The highest BCUT2D eigenvalue weighted by Crippen LogP contribution is 2.44. The number of fused-ring (bicyclic) bond motifs is 3. The lowest BCUT2D eigenvalue weighted by Gasteiger charge is -2.35. The molecule has 4 aromatic rings. The van der Waals surface area contributed by atoms with E-state index < -0.39 is 0 Å². The maximum absolute atomic E-state index is 13.4. The Morgan fingerprint density at radius 2 is 1.77 bits per heavy atom. The number of anilines is 1. The van der Waals surface area contributed by atoms with Gasteiger partial charge in [0.2, 0.25) is 5.91 Å². The lowest BCUT2D eigenvalue weighted by molar-refractivity contribution is -0.119. The molecule has 4 aromatic carbocycles. The van der Waals surface area contributed by atoms with Crippen LogP contribution in [0, 0.1) is 0 Å². The van der Waals surface area contributed by atoms with Crippen LogP contribution in [0.3, 0.4) is 0 Å². The number of thioether (sulfide) groups is 1. The second kappa shape index (κ2) is 8.41. The molecule has 2 nitrogen and oxygen atoms in total. The van der Waals surface area contributed by atoms with E-state index in [1.807, 2.05) is 29.2 Å². The molecule has 1 aliphatic rings. The molecule has 0 saturated heterocycles. The highest BCUT2D eigenvalue weighted by molar-refractivity contribution is 7.98. The van der Waals surface area contributed by atoms with Crippen molar-refractivity contribution in [3.8, 4) is 0 Å². The zero-order valence-electron chi connectivity index (χ0n) is 17.2. The highest BCUT2D eigenvalue weighted by atomic mass is 35.5. The number of halogens is 1. The molecule has 1 atom stereocenters. The van der Waals surface area contributed by atoms with Crippen molar-refractivity contribution in [3.63, 3.8) is 0 Å². The van der Waals surface area contributed by atoms with Gasteiger partial charge in [0.1, 0.15) is 0 Å². The molecule has 0 fully saturated rings. The van der Waals surface area contributed by atoms with Crippen LogP contribution in [0.15, 0.2) is 89.8 Å². The van der Waals surface area contributed by atoms with Gasteiger partial charge in [-0.3, -0.25) is 4.79 Å². The molecule has 5 rings (SSSR count). The Balaban J connectivity index is 1.66. The second-order valence-corrected chi connectivity index (χ2v) is 9.18. The molecule has 4 heteroatoms. The van der Waals surface area contributed by atoms with Crippen LogP contribution in [0.25, 0.3) is 10.8 Å². The van der Waals surface area contributed by atoms with E-state index >= 15 is 0 Å². The van der Waals surface area contributed by atoms with E-state index in [-0.39, 0.29) is 11.8 Å². The second-order valence-electron chi connectivity index (χ2n) is 7.86. The molecule has 1 unspecified atom stereocenters. The molecular formula is C27H22ClNOS. The van der Waals surface area contributed by atoms with E-state index in [2.05, 4.69) is 66.9 Å². The van der Waals surface area contributed by atoms with Gasteiger partial charge in [-0.15, -0.1) is 11.8 Å². The normalized spacial score (nSPS) is 15.9. The summed E-state index contributed by atoms with van der Waals surface area (Å²) in [5.41, 5.74) is 4.44. The van der Waals surface area contributed by atoms with Crippen LogP contribution in [0.5, 0.6) is 0 Å². The van der Waals surface area contributed by atoms with Crippen LogP contribution in [-0.4, -0.2) is 12.2 Å². The largest absolute Gasteiger partial charge is 0.308 e. The summed E-state index contributed by atoms with van der Waals surface area (Å²) >= 11 is 7.93. The van der Waals surface area contributed by atoms with Gasteiger partial charge in [0, 0.05) is 27.9 Å². The zero-order chi connectivity index (χ0) is 21.4. The predicted molar refractivity (Wildman–Crippen MR) is 131 cm³/mol. The number of hydrogen-bond acceptors (Lipinski definition) is 2. The van der Waals surface area contributed by atoms with Crippen molar-refractivity contribution in [1.82, 2.24) is 0 Å². The van der Waals surface area contributed by atoms with Gasteiger partial charge < -0.3 is 4.90 Å². The topological polar surface area (TPSA) is 20.3 Å². The third kappa shape index (κ3) is 3.84. The SMILES string of the molecule is CSc1ccc(C2CC(=O)N(Cc3cccc(Cl)c3)c3ccc4ccccc4c32)cc1. The molecule has 0 aliphatic carbocycles. The average Bonchev–Trinajstić information content (AvgIpc) is 2.80. The van der Waals surface area contributed by atoms with E-state index in [1.165, 1.54) is 26.8 Å². The van der Waals surface area contributed by atoms with Gasteiger partial charge >= 0.3 is 0 Å². The number of carbonyl (C=O) groups excluding carboxylic acids is 1. The Labute approximate surface area is 191 Å². The van der Waals surface area contributed by atoms with Crippen LogP contribution in [0.2, 0.25) is 5.02 Å². The van der Waals surface area contributed by atoms with Crippen LogP contribution < -0.4 is 4.90 Å². The molecule has 1 aliphatic heterocycles.